The highest BCUT2D eigenvalue weighted by Crippen LogP contribution is 2.22. The fourth-order valence-corrected chi connectivity index (χ4v) is 2.18. The minimum atomic E-state index is -0.120. The Morgan fingerprint density at radius 2 is 2.20 bits per heavy atom. The van der Waals surface area contributed by atoms with E-state index in [1.165, 1.54) is 0 Å². The van der Waals surface area contributed by atoms with E-state index in [4.69, 9.17) is 10.8 Å². The van der Waals surface area contributed by atoms with Crippen LogP contribution < -0.4 is 0 Å². The molecule has 98 valence electrons. The number of terminal acetylenes is 1. The van der Waals surface area contributed by atoms with Crippen LogP contribution in [0.3, 0.4) is 0 Å². The largest absolute Gasteiger partial charge is 0.441 e. The first-order chi connectivity index (χ1) is 9.76. The zero-order chi connectivity index (χ0) is 13.9. The molecule has 0 saturated heterocycles. The molecule has 0 spiro atoms. The molecule has 2 aromatic heterocycles. The highest BCUT2D eigenvalue weighted by molar-refractivity contribution is 5.73. The summed E-state index contributed by atoms with van der Waals surface area (Å²) in [6.45, 7) is 2.03. The van der Waals surface area contributed by atoms with E-state index >= 15 is 0 Å². The second-order valence-corrected chi connectivity index (χ2v) is 4.76. The van der Waals surface area contributed by atoms with Crippen LogP contribution in [0.15, 0.2) is 47.0 Å². The lowest BCUT2D eigenvalue weighted by Gasteiger charge is -2.06. The Kier molecular flexibility index (Phi) is 3.22. The first-order valence-electron chi connectivity index (χ1n) is 6.49. The predicted molar refractivity (Wildman–Crippen MR) is 78.3 cm³/mol. The maximum absolute atomic E-state index is 5.74. The van der Waals surface area contributed by atoms with Crippen molar-refractivity contribution in [3.63, 3.8) is 0 Å². The Morgan fingerprint density at radius 1 is 1.30 bits per heavy atom. The molecule has 3 nitrogen and oxygen atoms in total. The predicted octanol–water partition coefficient (Wildman–Crippen LogP) is 3.49. The lowest BCUT2D eigenvalue weighted by molar-refractivity contribution is 0.518. The van der Waals surface area contributed by atoms with Crippen molar-refractivity contribution < 1.29 is 4.42 Å². The van der Waals surface area contributed by atoms with E-state index < -0.39 is 0 Å². The third kappa shape index (κ3) is 2.41. The minimum Gasteiger partial charge on any atom is -0.441 e. The van der Waals surface area contributed by atoms with Gasteiger partial charge in [-0.15, -0.1) is 6.42 Å². The molecule has 3 heteroatoms. The number of aryl methyl sites for hydroxylation is 1. The van der Waals surface area contributed by atoms with Gasteiger partial charge in [-0.05, 0) is 36.8 Å². The Balaban J connectivity index is 1.90. The minimum absolute atomic E-state index is 0.120. The number of benzene rings is 1. The van der Waals surface area contributed by atoms with Crippen LogP contribution in [-0.2, 0) is 6.42 Å². The Morgan fingerprint density at radius 3 is 2.95 bits per heavy atom. The van der Waals surface area contributed by atoms with Crippen LogP contribution in [0.5, 0.6) is 0 Å². The molecule has 1 aromatic carbocycles. The summed E-state index contributed by atoms with van der Waals surface area (Å²) in [5.74, 6) is 3.29. The first kappa shape index (κ1) is 12.4. The van der Waals surface area contributed by atoms with Gasteiger partial charge in [0.05, 0.1) is 11.6 Å². The van der Waals surface area contributed by atoms with Gasteiger partial charge in [0.25, 0.3) is 0 Å². The Labute approximate surface area is 117 Å². The van der Waals surface area contributed by atoms with Crippen LogP contribution in [0.1, 0.15) is 23.1 Å². The highest BCUT2D eigenvalue weighted by Gasteiger charge is 2.15. The quantitative estimate of drug-likeness (QED) is 0.678. The van der Waals surface area contributed by atoms with Crippen molar-refractivity contribution in [1.82, 2.24) is 9.97 Å². The molecule has 0 radical (unpaired) electrons. The molecular formula is C17H14N2O. The van der Waals surface area contributed by atoms with E-state index in [0.29, 0.717) is 12.3 Å². The van der Waals surface area contributed by atoms with E-state index in [1.807, 2.05) is 43.3 Å². The van der Waals surface area contributed by atoms with Crippen LogP contribution in [0, 0.1) is 19.3 Å². The maximum atomic E-state index is 5.74. The van der Waals surface area contributed by atoms with Crippen molar-refractivity contribution in [1.29, 1.82) is 0 Å². The molecular weight excluding hydrogens is 248 g/mol. The molecule has 0 aliphatic carbocycles. The van der Waals surface area contributed by atoms with E-state index in [2.05, 4.69) is 15.9 Å². The van der Waals surface area contributed by atoms with Gasteiger partial charge in [0, 0.05) is 12.6 Å². The van der Waals surface area contributed by atoms with Gasteiger partial charge in [-0.1, -0.05) is 18.1 Å². The normalized spacial score (nSPS) is 12.2. The zero-order valence-corrected chi connectivity index (χ0v) is 11.2. The molecule has 0 fully saturated rings. The SMILES string of the molecule is C#CC(Cc1nc2cc(C)ccc2o1)c1ccccn1. The van der Waals surface area contributed by atoms with Crippen molar-refractivity contribution >= 4 is 11.1 Å². The van der Waals surface area contributed by atoms with E-state index in [1.54, 1.807) is 6.20 Å². The van der Waals surface area contributed by atoms with Crippen molar-refractivity contribution in [3.05, 3.63) is 59.7 Å². The molecule has 1 unspecified atom stereocenters. The summed E-state index contributed by atoms with van der Waals surface area (Å²) in [7, 11) is 0. The molecule has 0 aliphatic heterocycles. The van der Waals surface area contributed by atoms with Crippen molar-refractivity contribution in [2.45, 2.75) is 19.3 Å². The summed E-state index contributed by atoms with van der Waals surface area (Å²) in [6, 6.07) is 11.7. The number of pyridine rings is 1. The summed E-state index contributed by atoms with van der Waals surface area (Å²) in [4.78, 5) is 8.80. The Hall–Kier alpha value is -2.60. The third-order valence-electron chi connectivity index (χ3n) is 3.21. The summed E-state index contributed by atoms with van der Waals surface area (Å²) in [5, 5.41) is 0. The van der Waals surface area contributed by atoms with Gasteiger partial charge in [0.1, 0.15) is 5.52 Å². The molecule has 20 heavy (non-hydrogen) atoms. The zero-order valence-electron chi connectivity index (χ0n) is 11.2. The fourth-order valence-electron chi connectivity index (χ4n) is 2.18. The van der Waals surface area contributed by atoms with Gasteiger partial charge < -0.3 is 4.42 Å². The topological polar surface area (TPSA) is 38.9 Å². The van der Waals surface area contributed by atoms with Crippen LogP contribution in [0.25, 0.3) is 11.1 Å². The molecule has 0 amide bonds. The van der Waals surface area contributed by atoms with Crippen LogP contribution in [0.2, 0.25) is 0 Å². The van der Waals surface area contributed by atoms with Crippen LogP contribution in [-0.4, -0.2) is 9.97 Å². The number of aromatic nitrogens is 2. The monoisotopic (exact) mass is 262 g/mol. The molecule has 0 saturated carbocycles. The van der Waals surface area contributed by atoms with Gasteiger partial charge in [-0.2, -0.15) is 0 Å². The van der Waals surface area contributed by atoms with E-state index in [0.717, 1.165) is 22.4 Å². The summed E-state index contributed by atoms with van der Waals surface area (Å²) in [6.07, 6.45) is 7.91. The van der Waals surface area contributed by atoms with Gasteiger partial charge in [0.2, 0.25) is 0 Å². The maximum Gasteiger partial charge on any atom is 0.197 e. The van der Waals surface area contributed by atoms with Gasteiger partial charge in [0.15, 0.2) is 11.5 Å². The fraction of sp³-hybridized carbons (Fsp3) is 0.176. The second-order valence-electron chi connectivity index (χ2n) is 4.76. The summed E-state index contributed by atoms with van der Waals surface area (Å²) >= 11 is 0. The van der Waals surface area contributed by atoms with Crippen molar-refractivity contribution in [2.75, 3.05) is 0 Å². The molecule has 2 heterocycles. The highest BCUT2D eigenvalue weighted by atomic mass is 16.3. The third-order valence-corrected chi connectivity index (χ3v) is 3.21. The number of rotatable bonds is 3. The standard InChI is InChI=1S/C17H14N2O/c1-3-13(14-6-4-5-9-18-14)11-17-19-15-10-12(2)7-8-16(15)20-17/h1,4-10,13H,11H2,2H3. The molecule has 1 atom stereocenters. The van der Waals surface area contributed by atoms with Gasteiger partial charge >= 0.3 is 0 Å². The van der Waals surface area contributed by atoms with Gasteiger partial charge in [-0.3, -0.25) is 4.98 Å². The number of oxazole rings is 1. The average Bonchev–Trinajstić information content (AvgIpc) is 2.87. The molecule has 3 rings (SSSR count). The average molecular weight is 262 g/mol. The number of hydrogen-bond acceptors (Lipinski definition) is 3. The lowest BCUT2D eigenvalue weighted by Crippen LogP contribution is -2.02. The number of fused-ring (bicyclic) bond motifs is 1. The summed E-state index contributed by atoms with van der Waals surface area (Å²) < 4.78 is 5.74. The number of hydrogen-bond donors (Lipinski definition) is 0. The smallest absolute Gasteiger partial charge is 0.197 e. The van der Waals surface area contributed by atoms with E-state index in [9.17, 15) is 0 Å². The molecule has 3 aromatic rings. The summed E-state index contributed by atoms with van der Waals surface area (Å²) in [5.41, 5.74) is 3.70. The second kappa shape index (κ2) is 5.18. The van der Waals surface area contributed by atoms with Crippen LogP contribution >= 0.6 is 0 Å². The molecule has 0 aliphatic rings. The molecule has 0 N–H and O–H groups in total. The first-order valence-corrected chi connectivity index (χ1v) is 6.49. The Bertz CT molecular complexity index is 769. The lowest BCUT2D eigenvalue weighted by atomic mass is 10.0. The van der Waals surface area contributed by atoms with E-state index in [-0.39, 0.29) is 5.92 Å². The molecule has 0 bridgehead atoms. The van der Waals surface area contributed by atoms with Gasteiger partial charge in [-0.25, -0.2) is 4.98 Å². The number of nitrogens with zero attached hydrogens (tertiary/aromatic N) is 2. The van der Waals surface area contributed by atoms with Crippen LogP contribution in [0.4, 0.5) is 0 Å². The van der Waals surface area contributed by atoms with Crippen molar-refractivity contribution in [3.8, 4) is 12.3 Å². The van der Waals surface area contributed by atoms with Crippen molar-refractivity contribution in [2.24, 2.45) is 0 Å².